The van der Waals surface area contributed by atoms with Gasteiger partial charge >= 0.3 is 0 Å². The van der Waals surface area contributed by atoms with Gasteiger partial charge in [0.25, 0.3) is 0 Å². The van der Waals surface area contributed by atoms with Gasteiger partial charge in [-0.3, -0.25) is 4.98 Å². The zero-order chi connectivity index (χ0) is 12.4. The molecule has 2 heterocycles. The van der Waals surface area contributed by atoms with Crippen LogP contribution in [0.25, 0.3) is 21.2 Å². The van der Waals surface area contributed by atoms with Crippen LogP contribution in [0.4, 0.5) is 0 Å². The standard InChI is InChI=1S/C15H14N2S/c1-2-5-15-17-10-14(18-15)13-9-16-8-11-6-3-4-7-12(11)13/h3-4,6-10H,2,5H2,1H3. The number of benzene rings is 1. The Hall–Kier alpha value is -1.74. The highest BCUT2D eigenvalue weighted by Crippen LogP contribution is 2.31. The second-order valence-corrected chi connectivity index (χ2v) is 5.39. The Kier molecular flexibility index (Phi) is 3.07. The van der Waals surface area contributed by atoms with Crippen LogP contribution in [-0.4, -0.2) is 9.97 Å². The molecule has 0 atom stereocenters. The molecule has 2 nitrogen and oxygen atoms in total. The van der Waals surface area contributed by atoms with E-state index in [-0.39, 0.29) is 0 Å². The zero-order valence-electron chi connectivity index (χ0n) is 10.3. The van der Waals surface area contributed by atoms with Crippen LogP contribution < -0.4 is 0 Å². The van der Waals surface area contributed by atoms with E-state index in [4.69, 9.17) is 0 Å². The third kappa shape index (κ3) is 2.02. The van der Waals surface area contributed by atoms with Crippen LogP contribution >= 0.6 is 11.3 Å². The van der Waals surface area contributed by atoms with E-state index < -0.39 is 0 Å². The average Bonchev–Trinajstić information content (AvgIpc) is 2.87. The van der Waals surface area contributed by atoms with Crippen LogP contribution in [0.1, 0.15) is 18.4 Å². The highest BCUT2D eigenvalue weighted by molar-refractivity contribution is 7.15. The number of thiazole rings is 1. The van der Waals surface area contributed by atoms with Crippen molar-refractivity contribution >= 4 is 22.1 Å². The molecule has 3 aromatic rings. The first kappa shape index (κ1) is 11.4. The van der Waals surface area contributed by atoms with Gasteiger partial charge in [-0.25, -0.2) is 4.98 Å². The van der Waals surface area contributed by atoms with Crippen molar-refractivity contribution < 1.29 is 0 Å². The van der Waals surface area contributed by atoms with E-state index in [1.165, 1.54) is 26.2 Å². The van der Waals surface area contributed by atoms with E-state index in [9.17, 15) is 0 Å². The molecule has 0 radical (unpaired) electrons. The zero-order valence-corrected chi connectivity index (χ0v) is 11.1. The predicted molar refractivity (Wildman–Crippen MR) is 76.8 cm³/mol. The van der Waals surface area contributed by atoms with E-state index >= 15 is 0 Å². The fourth-order valence-corrected chi connectivity index (χ4v) is 3.12. The molecule has 0 saturated heterocycles. The molecule has 0 saturated carbocycles. The molecule has 3 heteroatoms. The summed E-state index contributed by atoms with van der Waals surface area (Å²) in [6.45, 7) is 2.18. The molecule has 18 heavy (non-hydrogen) atoms. The number of aromatic nitrogens is 2. The summed E-state index contributed by atoms with van der Waals surface area (Å²) in [6, 6.07) is 8.36. The minimum atomic E-state index is 1.06. The van der Waals surface area contributed by atoms with Gasteiger partial charge in [0.05, 0.1) is 9.88 Å². The quantitative estimate of drug-likeness (QED) is 0.696. The Labute approximate surface area is 110 Å². The molecule has 0 aliphatic carbocycles. The molecule has 2 aromatic heterocycles. The Bertz CT molecular complexity index is 668. The second-order valence-electron chi connectivity index (χ2n) is 4.28. The van der Waals surface area contributed by atoms with Crippen molar-refractivity contribution in [2.24, 2.45) is 0 Å². The van der Waals surface area contributed by atoms with Gasteiger partial charge in [-0.15, -0.1) is 11.3 Å². The highest BCUT2D eigenvalue weighted by atomic mass is 32.1. The van der Waals surface area contributed by atoms with Crippen molar-refractivity contribution in [3.8, 4) is 10.4 Å². The van der Waals surface area contributed by atoms with Gasteiger partial charge < -0.3 is 0 Å². The molecule has 0 spiro atoms. The summed E-state index contributed by atoms with van der Waals surface area (Å²) in [5, 5.41) is 3.64. The maximum Gasteiger partial charge on any atom is 0.0931 e. The van der Waals surface area contributed by atoms with Gasteiger partial charge in [0.15, 0.2) is 0 Å². The lowest BCUT2D eigenvalue weighted by molar-refractivity contribution is 0.909. The van der Waals surface area contributed by atoms with Crippen molar-refractivity contribution in [3.63, 3.8) is 0 Å². The summed E-state index contributed by atoms with van der Waals surface area (Å²) in [5.74, 6) is 0. The van der Waals surface area contributed by atoms with Gasteiger partial charge in [0.2, 0.25) is 0 Å². The molecular weight excluding hydrogens is 240 g/mol. The van der Waals surface area contributed by atoms with Crippen molar-refractivity contribution in [1.29, 1.82) is 0 Å². The maximum absolute atomic E-state index is 4.48. The van der Waals surface area contributed by atoms with Gasteiger partial charge in [-0.1, -0.05) is 31.2 Å². The third-order valence-electron chi connectivity index (χ3n) is 2.95. The normalized spacial score (nSPS) is 10.9. The largest absolute Gasteiger partial charge is 0.263 e. The fourth-order valence-electron chi connectivity index (χ4n) is 2.08. The van der Waals surface area contributed by atoms with Crippen LogP contribution in [0.2, 0.25) is 0 Å². The van der Waals surface area contributed by atoms with Gasteiger partial charge in [0.1, 0.15) is 0 Å². The van der Waals surface area contributed by atoms with Crippen molar-refractivity contribution in [3.05, 3.63) is 47.9 Å². The number of aryl methyl sites for hydroxylation is 1. The monoisotopic (exact) mass is 254 g/mol. The predicted octanol–water partition coefficient (Wildman–Crippen LogP) is 4.31. The van der Waals surface area contributed by atoms with E-state index in [1.807, 2.05) is 24.7 Å². The van der Waals surface area contributed by atoms with Crippen LogP contribution in [0.15, 0.2) is 42.9 Å². The molecule has 3 rings (SSSR count). The minimum Gasteiger partial charge on any atom is -0.263 e. The SMILES string of the molecule is CCCc1ncc(-c2cncc3ccccc23)s1. The number of pyridine rings is 1. The van der Waals surface area contributed by atoms with Crippen LogP contribution in [0.5, 0.6) is 0 Å². The molecule has 0 aliphatic heterocycles. The van der Waals surface area contributed by atoms with E-state index in [1.54, 1.807) is 11.3 Å². The molecule has 90 valence electrons. The summed E-state index contributed by atoms with van der Waals surface area (Å²) >= 11 is 1.77. The summed E-state index contributed by atoms with van der Waals surface area (Å²) in [7, 11) is 0. The van der Waals surface area contributed by atoms with E-state index in [0.29, 0.717) is 0 Å². The number of hydrogen-bond acceptors (Lipinski definition) is 3. The average molecular weight is 254 g/mol. The minimum absolute atomic E-state index is 1.06. The highest BCUT2D eigenvalue weighted by Gasteiger charge is 2.07. The lowest BCUT2D eigenvalue weighted by Crippen LogP contribution is -1.80. The first-order chi connectivity index (χ1) is 8.88. The number of rotatable bonds is 3. The lowest BCUT2D eigenvalue weighted by Gasteiger charge is -2.02. The van der Waals surface area contributed by atoms with Crippen molar-refractivity contribution in [2.45, 2.75) is 19.8 Å². The Balaban J connectivity index is 2.12. The van der Waals surface area contributed by atoms with Gasteiger partial charge in [-0.05, 0) is 18.2 Å². The Morgan fingerprint density at radius 3 is 2.89 bits per heavy atom. The first-order valence-corrected chi connectivity index (χ1v) is 6.98. The van der Waals surface area contributed by atoms with Gasteiger partial charge in [-0.2, -0.15) is 0 Å². The van der Waals surface area contributed by atoms with Crippen LogP contribution in [0, 0.1) is 0 Å². The molecule has 0 amide bonds. The summed E-state index contributed by atoms with van der Waals surface area (Å²) < 4.78 is 0. The molecule has 0 aliphatic rings. The summed E-state index contributed by atoms with van der Waals surface area (Å²) in [4.78, 5) is 10.0. The smallest absolute Gasteiger partial charge is 0.0931 e. The van der Waals surface area contributed by atoms with Crippen LogP contribution in [0.3, 0.4) is 0 Å². The number of fused-ring (bicyclic) bond motifs is 1. The third-order valence-corrected chi connectivity index (χ3v) is 4.04. The lowest BCUT2D eigenvalue weighted by atomic mass is 10.1. The van der Waals surface area contributed by atoms with E-state index in [0.717, 1.165) is 12.8 Å². The summed E-state index contributed by atoms with van der Waals surface area (Å²) in [5.41, 5.74) is 1.19. The van der Waals surface area contributed by atoms with E-state index in [2.05, 4.69) is 35.1 Å². The van der Waals surface area contributed by atoms with Crippen LogP contribution in [-0.2, 0) is 6.42 Å². The second kappa shape index (κ2) is 4.86. The fraction of sp³-hybridized carbons (Fsp3) is 0.200. The number of nitrogens with zero attached hydrogens (tertiary/aromatic N) is 2. The number of hydrogen-bond donors (Lipinski definition) is 0. The summed E-state index contributed by atoms with van der Waals surface area (Å²) in [6.07, 6.45) is 8.01. The topological polar surface area (TPSA) is 25.8 Å². The van der Waals surface area contributed by atoms with Crippen molar-refractivity contribution in [2.75, 3.05) is 0 Å². The molecule has 0 bridgehead atoms. The maximum atomic E-state index is 4.48. The van der Waals surface area contributed by atoms with Gasteiger partial charge in [0, 0.05) is 29.5 Å². The molecular formula is C15H14N2S. The van der Waals surface area contributed by atoms with Crippen molar-refractivity contribution in [1.82, 2.24) is 9.97 Å². The Morgan fingerprint density at radius 2 is 2.00 bits per heavy atom. The Morgan fingerprint density at radius 1 is 1.11 bits per heavy atom. The molecule has 0 unspecified atom stereocenters. The molecule has 0 N–H and O–H groups in total. The first-order valence-electron chi connectivity index (χ1n) is 6.16. The molecule has 0 fully saturated rings. The molecule has 1 aromatic carbocycles.